The Hall–Kier alpha value is -3.21. The molecule has 0 radical (unpaired) electrons. The fraction of sp³-hybridized carbons (Fsp3) is 0.625. The summed E-state index contributed by atoms with van der Waals surface area (Å²) in [6, 6.07) is 0. The van der Waals surface area contributed by atoms with Crippen molar-refractivity contribution >= 4 is 23.8 Å². The van der Waals surface area contributed by atoms with Crippen LogP contribution in [0.4, 0.5) is 22.5 Å². The van der Waals surface area contributed by atoms with Gasteiger partial charge in [-0.3, -0.25) is 0 Å². The molecule has 11 heteroatoms. The van der Waals surface area contributed by atoms with Crippen molar-refractivity contribution in [1.82, 2.24) is 24.8 Å². The van der Waals surface area contributed by atoms with Crippen LogP contribution in [-0.4, -0.2) is 88.0 Å². The molecule has 3 aliphatic heterocycles. The lowest BCUT2D eigenvalue weighted by Crippen LogP contribution is -2.49. The molecule has 0 aromatic carbocycles. The second-order valence-corrected chi connectivity index (χ2v) is 10.7. The predicted octanol–water partition coefficient (Wildman–Crippen LogP) is 2.11. The molecular formula is C24H34N8O3. The first-order valence-corrected chi connectivity index (χ1v) is 12.2. The minimum Gasteiger partial charge on any atom is -0.444 e. The molecule has 1 atom stereocenters. The molecule has 0 saturated carbocycles. The second-order valence-electron chi connectivity index (χ2n) is 10.7. The molecule has 0 aliphatic carbocycles. The number of hydrogen-bond acceptors (Lipinski definition) is 10. The number of carbonyl (C=O) groups excluding carboxylic acids is 1. The molecule has 0 unspecified atom stereocenters. The molecule has 0 bridgehead atoms. The molecule has 0 spiro atoms. The van der Waals surface area contributed by atoms with Crippen LogP contribution in [0.3, 0.4) is 0 Å². The highest BCUT2D eigenvalue weighted by Gasteiger charge is 2.45. The molecule has 3 aliphatic rings. The summed E-state index contributed by atoms with van der Waals surface area (Å²) in [7, 11) is 0. The van der Waals surface area contributed by atoms with Crippen molar-refractivity contribution in [3.63, 3.8) is 0 Å². The number of carbonyl (C=O) groups is 1. The maximum Gasteiger partial charge on any atom is 0.410 e. The van der Waals surface area contributed by atoms with Gasteiger partial charge in [-0.2, -0.15) is 4.98 Å². The fourth-order valence-corrected chi connectivity index (χ4v) is 5.02. The Morgan fingerprint density at radius 2 is 1.83 bits per heavy atom. The van der Waals surface area contributed by atoms with Crippen LogP contribution in [0.25, 0.3) is 11.3 Å². The Morgan fingerprint density at radius 1 is 1.11 bits per heavy atom. The summed E-state index contributed by atoms with van der Waals surface area (Å²) < 4.78 is 11.2. The Labute approximate surface area is 205 Å². The molecule has 2 aromatic heterocycles. The quantitative estimate of drug-likeness (QED) is 0.696. The SMILES string of the molecule is CC(C)(C)OC(=O)N1CC[C@](C)(N2CCc3c(-c4cnc(N)nc4)nc(N4CCOCC4)nc32)C1. The summed E-state index contributed by atoms with van der Waals surface area (Å²) in [5, 5.41) is 0. The molecule has 1 amide bonds. The van der Waals surface area contributed by atoms with Gasteiger partial charge in [0.1, 0.15) is 11.4 Å². The topological polar surface area (TPSA) is 123 Å². The van der Waals surface area contributed by atoms with E-state index in [0.29, 0.717) is 32.3 Å². The molecule has 188 valence electrons. The number of hydrogen-bond donors (Lipinski definition) is 1. The van der Waals surface area contributed by atoms with Crippen molar-refractivity contribution in [3.8, 4) is 11.3 Å². The monoisotopic (exact) mass is 482 g/mol. The van der Waals surface area contributed by atoms with Crippen LogP contribution in [0.2, 0.25) is 0 Å². The molecule has 5 rings (SSSR count). The van der Waals surface area contributed by atoms with Crippen molar-refractivity contribution in [2.45, 2.75) is 51.7 Å². The average molecular weight is 483 g/mol. The van der Waals surface area contributed by atoms with Crippen LogP contribution in [0.5, 0.6) is 0 Å². The first-order valence-electron chi connectivity index (χ1n) is 12.2. The van der Waals surface area contributed by atoms with E-state index < -0.39 is 5.60 Å². The number of aromatic nitrogens is 4. The Balaban J connectivity index is 1.49. The zero-order valence-corrected chi connectivity index (χ0v) is 21.0. The van der Waals surface area contributed by atoms with Crippen LogP contribution >= 0.6 is 0 Å². The van der Waals surface area contributed by atoms with E-state index in [2.05, 4.69) is 26.7 Å². The molecule has 2 N–H and O–H groups in total. The zero-order valence-electron chi connectivity index (χ0n) is 21.0. The highest BCUT2D eigenvalue weighted by atomic mass is 16.6. The number of morpholine rings is 1. The van der Waals surface area contributed by atoms with Crippen LogP contribution in [0.1, 0.15) is 39.7 Å². The molecule has 5 heterocycles. The van der Waals surface area contributed by atoms with E-state index in [9.17, 15) is 4.79 Å². The predicted molar refractivity (Wildman–Crippen MR) is 132 cm³/mol. The lowest BCUT2D eigenvalue weighted by molar-refractivity contribution is 0.0285. The van der Waals surface area contributed by atoms with Crippen LogP contribution in [0.15, 0.2) is 12.4 Å². The number of fused-ring (bicyclic) bond motifs is 1. The maximum absolute atomic E-state index is 12.8. The fourth-order valence-electron chi connectivity index (χ4n) is 5.02. The number of rotatable bonds is 3. The van der Waals surface area contributed by atoms with Crippen LogP contribution in [-0.2, 0) is 15.9 Å². The number of nitrogens with zero attached hydrogens (tertiary/aromatic N) is 7. The Morgan fingerprint density at radius 3 is 2.51 bits per heavy atom. The molecule has 2 aromatic rings. The van der Waals surface area contributed by atoms with Gasteiger partial charge in [-0.25, -0.2) is 19.7 Å². The van der Waals surface area contributed by atoms with Crippen molar-refractivity contribution in [1.29, 1.82) is 0 Å². The number of likely N-dealkylation sites (tertiary alicyclic amines) is 1. The average Bonchev–Trinajstić information content (AvgIpc) is 3.43. The van der Waals surface area contributed by atoms with Gasteiger partial charge < -0.3 is 29.9 Å². The van der Waals surface area contributed by atoms with Gasteiger partial charge in [0.25, 0.3) is 0 Å². The lowest BCUT2D eigenvalue weighted by atomic mass is 9.99. The first kappa shape index (κ1) is 23.5. The van der Waals surface area contributed by atoms with Gasteiger partial charge in [-0.1, -0.05) is 0 Å². The lowest BCUT2D eigenvalue weighted by Gasteiger charge is -2.37. The van der Waals surface area contributed by atoms with E-state index >= 15 is 0 Å². The summed E-state index contributed by atoms with van der Waals surface area (Å²) in [5.41, 5.74) is 7.69. The molecule has 2 saturated heterocycles. The summed E-state index contributed by atoms with van der Waals surface area (Å²) in [4.78, 5) is 37.5. The second kappa shape index (κ2) is 8.78. The minimum absolute atomic E-state index is 0.232. The van der Waals surface area contributed by atoms with E-state index in [1.54, 1.807) is 12.4 Å². The van der Waals surface area contributed by atoms with Crippen LogP contribution < -0.4 is 15.5 Å². The zero-order chi connectivity index (χ0) is 24.8. The number of nitrogen functional groups attached to an aromatic ring is 1. The van der Waals surface area contributed by atoms with Gasteiger partial charge in [0, 0.05) is 56.2 Å². The normalized spacial score (nSPS) is 22.5. The Bertz CT molecular complexity index is 1100. The third kappa shape index (κ3) is 4.69. The number of nitrogens with two attached hydrogens (primary N) is 1. The Kier molecular flexibility index (Phi) is 5.90. The van der Waals surface area contributed by atoms with Crippen molar-refractivity contribution in [3.05, 3.63) is 18.0 Å². The van der Waals surface area contributed by atoms with E-state index in [0.717, 1.165) is 55.1 Å². The number of anilines is 3. The summed E-state index contributed by atoms with van der Waals surface area (Å²) in [6.07, 6.45) is 4.82. The standard InChI is InChI=1S/C24H34N8O3/c1-23(2,3)35-22(33)31-8-6-24(4,15-31)32-7-5-17-18(16-13-26-20(25)27-14-16)28-21(29-19(17)32)30-9-11-34-12-10-30/h13-14H,5-12,15H2,1-4H3,(H2,25,26,27)/t24-/m0/s1. The van der Waals surface area contributed by atoms with Gasteiger partial charge in [0.05, 0.1) is 24.4 Å². The molecule has 2 fully saturated rings. The summed E-state index contributed by atoms with van der Waals surface area (Å²) in [6.45, 7) is 12.7. The van der Waals surface area contributed by atoms with Gasteiger partial charge >= 0.3 is 6.09 Å². The maximum atomic E-state index is 12.8. The van der Waals surface area contributed by atoms with Crippen molar-refractivity contribution in [2.24, 2.45) is 0 Å². The number of amides is 1. The smallest absolute Gasteiger partial charge is 0.410 e. The van der Waals surface area contributed by atoms with Crippen LogP contribution in [0, 0.1) is 0 Å². The first-order chi connectivity index (χ1) is 16.6. The minimum atomic E-state index is -0.521. The molecule has 11 nitrogen and oxygen atoms in total. The molecule has 35 heavy (non-hydrogen) atoms. The van der Waals surface area contributed by atoms with E-state index in [-0.39, 0.29) is 17.6 Å². The highest BCUT2D eigenvalue weighted by Crippen LogP contribution is 2.41. The summed E-state index contributed by atoms with van der Waals surface area (Å²) >= 11 is 0. The van der Waals surface area contributed by atoms with E-state index in [1.165, 1.54) is 0 Å². The van der Waals surface area contributed by atoms with Gasteiger partial charge in [0.2, 0.25) is 11.9 Å². The van der Waals surface area contributed by atoms with E-state index in [4.69, 9.17) is 25.2 Å². The highest BCUT2D eigenvalue weighted by molar-refractivity contribution is 5.74. The van der Waals surface area contributed by atoms with Crippen molar-refractivity contribution in [2.75, 3.05) is 61.5 Å². The van der Waals surface area contributed by atoms with E-state index in [1.807, 2.05) is 25.7 Å². The summed E-state index contributed by atoms with van der Waals surface area (Å²) in [5.74, 6) is 1.83. The van der Waals surface area contributed by atoms with Gasteiger partial charge in [-0.05, 0) is 40.5 Å². The third-order valence-electron chi connectivity index (χ3n) is 6.81. The number of ether oxygens (including phenoxy) is 2. The van der Waals surface area contributed by atoms with Gasteiger partial charge in [-0.15, -0.1) is 0 Å². The largest absolute Gasteiger partial charge is 0.444 e. The third-order valence-corrected chi connectivity index (χ3v) is 6.81. The van der Waals surface area contributed by atoms with Gasteiger partial charge in [0.15, 0.2) is 0 Å². The van der Waals surface area contributed by atoms with Crippen molar-refractivity contribution < 1.29 is 14.3 Å². The molecular weight excluding hydrogens is 448 g/mol.